The SMILES string of the molecule is CNCC(=O)CN(CCN(CC(C)=O)C(C)=O)CC(C)=O. The third kappa shape index (κ3) is 9.86. The molecule has 0 heterocycles. The Bertz CT molecular complexity index is 396. The predicted octanol–water partition coefficient (Wildman–Crippen LogP) is -0.897. The molecule has 0 saturated carbocycles. The number of amides is 1. The van der Waals surface area contributed by atoms with Gasteiger partial charge in [0, 0.05) is 20.0 Å². The van der Waals surface area contributed by atoms with Crippen LogP contribution in [0.1, 0.15) is 20.8 Å². The first-order chi connectivity index (χ1) is 9.76. The van der Waals surface area contributed by atoms with Gasteiger partial charge in [-0.25, -0.2) is 0 Å². The van der Waals surface area contributed by atoms with Crippen molar-refractivity contribution in [1.82, 2.24) is 15.1 Å². The topological polar surface area (TPSA) is 86.8 Å². The molecule has 21 heavy (non-hydrogen) atoms. The molecule has 7 nitrogen and oxygen atoms in total. The van der Waals surface area contributed by atoms with Gasteiger partial charge in [0.25, 0.3) is 0 Å². The average Bonchev–Trinajstić information content (AvgIpc) is 2.32. The molecule has 0 spiro atoms. The number of carbonyl (C=O) groups is 4. The van der Waals surface area contributed by atoms with Crippen LogP contribution in [0.2, 0.25) is 0 Å². The molecule has 0 aliphatic heterocycles. The van der Waals surface area contributed by atoms with Gasteiger partial charge in [-0.05, 0) is 20.9 Å². The van der Waals surface area contributed by atoms with Crippen LogP contribution in [-0.4, -0.2) is 79.4 Å². The van der Waals surface area contributed by atoms with E-state index in [1.165, 1.54) is 25.7 Å². The van der Waals surface area contributed by atoms with Gasteiger partial charge in [-0.2, -0.15) is 0 Å². The number of nitrogens with one attached hydrogen (secondary N) is 1. The van der Waals surface area contributed by atoms with Crippen molar-refractivity contribution in [2.45, 2.75) is 20.8 Å². The Hall–Kier alpha value is -1.60. The Kier molecular flexibility index (Phi) is 9.40. The fourth-order valence-electron chi connectivity index (χ4n) is 1.91. The lowest BCUT2D eigenvalue weighted by Crippen LogP contribution is -2.43. The maximum absolute atomic E-state index is 11.6. The minimum absolute atomic E-state index is 0.0281. The molecule has 0 aliphatic carbocycles. The monoisotopic (exact) mass is 299 g/mol. The van der Waals surface area contributed by atoms with Gasteiger partial charge in [-0.15, -0.1) is 0 Å². The first-order valence-corrected chi connectivity index (χ1v) is 6.89. The zero-order valence-electron chi connectivity index (χ0n) is 13.3. The maximum atomic E-state index is 11.6. The predicted molar refractivity (Wildman–Crippen MR) is 79.0 cm³/mol. The molecule has 0 atom stereocenters. The van der Waals surface area contributed by atoms with E-state index in [2.05, 4.69) is 5.32 Å². The smallest absolute Gasteiger partial charge is 0.219 e. The van der Waals surface area contributed by atoms with Crippen molar-refractivity contribution in [1.29, 1.82) is 0 Å². The lowest BCUT2D eigenvalue weighted by molar-refractivity contribution is -0.133. The van der Waals surface area contributed by atoms with E-state index in [4.69, 9.17) is 0 Å². The molecule has 0 rings (SSSR count). The van der Waals surface area contributed by atoms with Crippen LogP contribution < -0.4 is 5.32 Å². The number of likely N-dealkylation sites (N-methyl/N-ethyl adjacent to an activating group) is 1. The summed E-state index contributed by atoms with van der Waals surface area (Å²) in [6.45, 7) is 5.54. The van der Waals surface area contributed by atoms with Gasteiger partial charge in [0.1, 0.15) is 11.6 Å². The van der Waals surface area contributed by atoms with Crippen LogP contribution in [-0.2, 0) is 19.2 Å². The highest BCUT2D eigenvalue weighted by Gasteiger charge is 2.16. The zero-order valence-corrected chi connectivity index (χ0v) is 13.3. The maximum Gasteiger partial charge on any atom is 0.219 e. The van der Waals surface area contributed by atoms with Gasteiger partial charge in [0.15, 0.2) is 5.78 Å². The van der Waals surface area contributed by atoms with Crippen LogP contribution in [0.25, 0.3) is 0 Å². The highest BCUT2D eigenvalue weighted by molar-refractivity contribution is 5.84. The Morgan fingerprint density at radius 2 is 1.43 bits per heavy atom. The number of ketones is 3. The van der Waals surface area contributed by atoms with E-state index in [1.54, 1.807) is 11.9 Å². The van der Waals surface area contributed by atoms with E-state index in [0.717, 1.165) is 0 Å². The molecule has 0 fully saturated rings. The molecule has 7 heteroatoms. The third-order valence-corrected chi connectivity index (χ3v) is 2.77. The Labute approximate surface area is 125 Å². The first-order valence-electron chi connectivity index (χ1n) is 6.89. The highest BCUT2D eigenvalue weighted by atomic mass is 16.2. The molecule has 0 saturated heterocycles. The molecule has 0 aromatic heterocycles. The Morgan fingerprint density at radius 1 is 0.857 bits per heavy atom. The molecule has 1 amide bonds. The Morgan fingerprint density at radius 3 is 1.86 bits per heavy atom. The number of hydrogen-bond donors (Lipinski definition) is 1. The summed E-state index contributed by atoms with van der Waals surface area (Å²) in [5.41, 5.74) is 0. The summed E-state index contributed by atoms with van der Waals surface area (Å²) in [4.78, 5) is 48.6. The summed E-state index contributed by atoms with van der Waals surface area (Å²) in [7, 11) is 1.68. The Balaban J connectivity index is 4.56. The van der Waals surface area contributed by atoms with Crippen molar-refractivity contribution >= 4 is 23.3 Å². The van der Waals surface area contributed by atoms with Gasteiger partial charge in [-0.3, -0.25) is 24.1 Å². The van der Waals surface area contributed by atoms with E-state index in [-0.39, 0.29) is 49.4 Å². The molecule has 0 aromatic rings. The van der Waals surface area contributed by atoms with Crippen molar-refractivity contribution in [2.75, 3.05) is 46.3 Å². The van der Waals surface area contributed by atoms with Gasteiger partial charge in [0.2, 0.25) is 5.91 Å². The fraction of sp³-hybridized carbons (Fsp3) is 0.714. The van der Waals surface area contributed by atoms with Gasteiger partial charge < -0.3 is 10.2 Å². The third-order valence-electron chi connectivity index (χ3n) is 2.77. The van der Waals surface area contributed by atoms with Crippen LogP contribution in [0, 0.1) is 0 Å². The summed E-state index contributed by atoms with van der Waals surface area (Å²) in [5, 5.41) is 2.77. The molecule has 1 N–H and O–H groups in total. The summed E-state index contributed by atoms with van der Waals surface area (Å²) < 4.78 is 0. The van der Waals surface area contributed by atoms with Crippen LogP contribution in [0.5, 0.6) is 0 Å². The summed E-state index contributed by atoms with van der Waals surface area (Å²) in [5.74, 6) is -0.378. The van der Waals surface area contributed by atoms with E-state index in [9.17, 15) is 19.2 Å². The van der Waals surface area contributed by atoms with Crippen molar-refractivity contribution in [3.8, 4) is 0 Å². The first kappa shape index (κ1) is 19.4. The lowest BCUT2D eigenvalue weighted by Gasteiger charge is -2.25. The molecule has 0 aromatic carbocycles. The second-order valence-electron chi connectivity index (χ2n) is 5.12. The molecular weight excluding hydrogens is 274 g/mol. The molecule has 0 aliphatic rings. The normalized spacial score (nSPS) is 10.5. The van der Waals surface area contributed by atoms with E-state index >= 15 is 0 Å². The number of hydrogen-bond acceptors (Lipinski definition) is 6. The number of nitrogens with zero attached hydrogens (tertiary/aromatic N) is 2. The molecule has 0 unspecified atom stereocenters. The van der Waals surface area contributed by atoms with Gasteiger partial charge >= 0.3 is 0 Å². The molecular formula is C14H25N3O4. The molecule has 0 bridgehead atoms. The van der Waals surface area contributed by atoms with Crippen molar-refractivity contribution in [3.63, 3.8) is 0 Å². The van der Waals surface area contributed by atoms with E-state index in [0.29, 0.717) is 13.1 Å². The standard InChI is InChI=1S/C14H25N3O4/c1-11(18)8-16(10-14(21)7-15-4)5-6-17(13(3)20)9-12(2)19/h15H,5-10H2,1-4H3. The van der Waals surface area contributed by atoms with Gasteiger partial charge in [-0.1, -0.05) is 0 Å². The second-order valence-corrected chi connectivity index (χ2v) is 5.12. The number of carbonyl (C=O) groups excluding carboxylic acids is 4. The van der Waals surface area contributed by atoms with E-state index < -0.39 is 0 Å². The highest BCUT2D eigenvalue weighted by Crippen LogP contribution is 1.96. The van der Waals surface area contributed by atoms with Crippen LogP contribution >= 0.6 is 0 Å². The average molecular weight is 299 g/mol. The summed E-state index contributed by atoms with van der Waals surface area (Å²) in [6.07, 6.45) is 0. The van der Waals surface area contributed by atoms with Crippen LogP contribution in [0.3, 0.4) is 0 Å². The van der Waals surface area contributed by atoms with Crippen molar-refractivity contribution < 1.29 is 19.2 Å². The van der Waals surface area contributed by atoms with E-state index in [1.807, 2.05) is 0 Å². The number of Topliss-reactive ketones (excluding diaryl/α,β-unsaturated/α-hetero) is 3. The fourth-order valence-corrected chi connectivity index (χ4v) is 1.91. The summed E-state index contributed by atoms with van der Waals surface area (Å²) >= 11 is 0. The lowest BCUT2D eigenvalue weighted by atomic mass is 10.3. The zero-order chi connectivity index (χ0) is 16.4. The quantitative estimate of drug-likeness (QED) is 0.532. The van der Waals surface area contributed by atoms with Crippen molar-refractivity contribution in [2.24, 2.45) is 0 Å². The summed E-state index contributed by atoms with van der Waals surface area (Å²) in [6, 6.07) is 0. The second kappa shape index (κ2) is 10.2. The van der Waals surface area contributed by atoms with Crippen LogP contribution in [0.15, 0.2) is 0 Å². The minimum Gasteiger partial charge on any atom is -0.334 e. The molecule has 120 valence electrons. The van der Waals surface area contributed by atoms with Crippen molar-refractivity contribution in [3.05, 3.63) is 0 Å². The molecule has 0 radical (unpaired) electrons. The minimum atomic E-state index is -0.200. The van der Waals surface area contributed by atoms with Crippen LogP contribution in [0.4, 0.5) is 0 Å². The van der Waals surface area contributed by atoms with Gasteiger partial charge in [0.05, 0.1) is 26.2 Å². The largest absolute Gasteiger partial charge is 0.334 e. The number of rotatable bonds is 11.